The third-order valence-electron chi connectivity index (χ3n) is 3.24. The molecule has 2 aromatic rings. The van der Waals surface area contributed by atoms with Gasteiger partial charge in [0.15, 0.2) is 5.03 Å². The zero-order valence-corrected chi connectivity index (χ0v) is 14.4. The molecule has 130 valence electrons. The second kappa shape index (κ2) is 8.04. The minimum absolute atomic E-state index is 0.120. The summed E-state index contributed by atoms with van der Waals surface area (Å²) in [5.74, 6) is -0.446. The van der Waals surface area contributed by atoms with Crippen molar-refractivity contribution < 1.29 is 13.2 Å². The summed E-state index contributed by atoms with van der Waals surface area (Å²) < 4.78 is 27.8. The second-order valence-electron chi connectivity index (χ2n) is 5.19. The fourth-order valence-corrected chi connectivity index (χ4v) is 2.97. The summed E-state index contributed by atoms with van der Waals surface area (Å²) in [5.41, 5.74) is 1.58. The number of aromatic nitrogens is 2. The summed E-state index contributed by atoms with van der Waals surface area (Å²) in [4.78, 5) is 15.8. The lowest BCUT2D eigenvalue weighted by molar-refractivity contribution is -0.115. The number of carbonyl (C=O) groups excluding carboxylic acids is 1. The Kier molecular flexibility index (Phi) is 6.07. The van der Waals surface area contributed by atoms with E-state index in [9.17, 15) is 13.2 Å². The van der Waals surface area contributed by atoms with E-state index in [1.54, 1.807) is 13.1 Å². The fraction of sp³-hybridized carbons (Fsp3) is 0.333. The van der Waals surface area contributed by atoms with E-state index in [0.717, 1.165) is 12.1 Å². The molecule has 2 rings (SSSR count). The van der Waals surface area contributed by atoms with Gasteiger partial charge >= 0.3 is 0 Å². The molecule has 0 unspecified atom stereocenters. The van der Waals surface area contributed by atoms with Crippen LogP contribution in [0.2, 0.25) is 0 Å². The van der Waals surface area contributed by atoms with E-state index in [0.29, 0.717) is 12.2 Å². The Morgan fingerprint density at radius 1 is 1.29 bits per heavy atom. The summed E-state index contributed by atoms with van der Waals surface area (Å²) >= 11 is 0. The maximum Gasteiger partial charge on any atom is 0.260 e. The molecule has 3 N–H and O–H groups in total. The number of anilines is 1. The molecule has 24 heavy (non-hydrogen) atoms. The first-order chi connectivity index (χ1) is 11.4. The van der Waals surface area contributed by atoms with Gasteiger partial charge in [-0.25, -0.2) is 18.1 Å². The van der Waals surface area contributed by atoms with Gasteiger partial charge < -0.3 is 15.2 Å². The van der Waals surface area contributed by atoms with Crippen LogP contribution in [0, 0.1) is 0 Å². The van der Waals surface area contributed by atoms with E-state index in [4.69, 9.17) is 0 Å². The van der Waals surface area contributed by atoms with Gasteiger partial charge in [-0.15, -0.1) is 0 Å². The van der Waals surface area contributed by atoms with Crippen molar-refractivity contribution in [2.45, 2.75) is 18.5 Å². The predicted molar refractivity (Wildman–Crippen MR) is 90.8 cm³/mol. The summed E-state index contributed by atoms with van der Waals surface area (Å²) in [7, 11) is -2.14. The highest BCUT2D eigenvalue weighted by atomic mass is 32.2. The van der Waals surface area contributed by atoms with Gasteiger partial charge in [-0.3, -0.25) is 4.79 Å². The van der Waals surface area contributed by atoms with E-state index >= 15 is 0 Å². The van der Waals surface area contributed by atoms with Crippen molar-refractivity contribution in [3.05, 3.63) is 42.4 Å². The number of para-hydroxylation sites is 1. The molecule has 0 atom stereocenters. The number of amides is 1. The van der Waals surface area contributed by atoms with Crippen molar-refractivity contribution in [1.29, 1.82) is 0 Å². The number of imidazole rings is 1. The Labute approximate surface area is 141 Å². The predicted octanol–water partition coefficient (Wildman–Crippen LogP) is 0.447. The Bertz CT molecular complexity index is 801. The molecule has 8 nitrogen and oxygen atoms in total. The van der Waals surface area contributed by atoms with Crippen LogP contribution in [0.15, 0.2) is 41.8 Å². The van der Waals surface area contributed by atoms with Gasteiger partial charge in [-0.2, -0.15) is 0 Å². The average Bonchev–Trinajstić information content (AvgIpc) is 3.00. The van der Waals surface area contributed by atoms with Crippen LogP contribution in [0.4, 0.5) is 5.69 Å². The maximum absolute atomic E-state index is 12.0. The Hall–Kier alpha value is -2.23. The molecule has 0 aliphatic rings. The number of sulfonamides is 1. The van der Waals surface area contributed by atoms with Gasteiger partial charge in [0.1, 0.15) is 0 Å². The first-order valence-electron chi connectivity index (χ1n) is 7.48. The Morgan fingerprint density at radius 2 is 2.04 bits per heavy atom. The first kappa shape index (κ1) is 18.1. The summed E-state index contributed by atoms with van der Waals surface area (Å²) in [6.07, 6.45) is 2.75. The van der Waals surface area contributed by atoms with Gasteiger partial charge in [-0.05, 0) is 18.2 Å². The normalized spacial score (nSPS) is 11.4. The van der Waals surface area contributed by atoms with Gasteiger partial charge in [0.25, 0.3) is 10.0 Å². The van der Waals surface area contributed by atoms with Gasteiger partial charge in [0.2, 0.25) is 5.91 Å². The lowest BCUT2D eigenvalue weighted by Crippen LogP contribution is -2.33. The topological polar surface area (TPSA) is 105 Å². The number of nitrogens with zero attached hydrogens (tertiary/aromatic N) is 2. The lowest BCUT2D eigenvalue weighted by atomic mass is 10.1. The van der Waals surface area contributed by atoms with E-state index in [1.165, 1.54) is 17.1 Å². The van der Waals surface area contributed by atoms with Crippen LogP contribution in [0.1, 0.15) is 12.5 Å². The maximum atomic E-state index is 12.0. The molecule has 0 saturated heterocycles. The zero-order chi connectivity index (χ0) is 17.6. The molecule has 0 saturated carbocycles. The quantitative estimate of drug-likeness (QED) is 0.640. The molecular weight excluding hydrogens is 330 g/mol. The van der Waals surface area contributed by atoms with Gasteiger partial charge in [0, 0.05) is 25.5 Å². The molecule has 1 heterocycles. The molecule has 0 aliphatic heterocycles. The van der Waals surface area contributed by atoms with Crippen LogP contribution < -0.4 is 15.4 Å². The largest absolute Gasteiger partial charge is 0.339 e. The molecule has 0 radical (unpaired) electrons. The van der Waals surface area contributed by atoms with Crippen molar-refractivity contribution in [1.82, 2.24) is 19.6 Å². The fourth-order valence-electron chi connectivity index (χ4n) is 2.01. The minimum Gasteiger partial charge on any atom is -0.339 e. The van der Waals surface area contributed by atoms with Crippen LogP contribution >= 0.6 is 0 Å². The second-order valence-corrected chi connectivity index (χ2v) is 6.90. The van der Waals surface area contributed by atoms with Crippen LogP contribution in [-0.4, -0.2) is 37.0 Å². The van der Waals surface area contributed by atoms with Crippen molar-refractivity contribution in [3.63, 3.8) is 0 Å². The number of nitrogens with one attached hydrogen (secondary N) is 3. The number of rotatable bonds is 8. The van der Waals surface area contributed by atoms with Crippen molar-refractivity contribution in [2.75, 3.05) is 18.4 Å². The number of aryl methyl sites for hydroxylation is 1. The minimum atomic E-state index is -3.81. The molecule has 9 heteroatoms. The van der Waals surface area contributed by atoms with Crippen LogP contribution in [0.25, 0.3) is 0 Å². The van der Waals surface area contributed by atoms with Crippen molar-refractivity contribution in [2.24, 2.45) is 7.05 Å². The van der Waals surface area contributed by atoms with E-state index in [1.807, 2.05) is 25.1 Å². The zero-order valence-electron chi connectivity index (χ0n) is 13.6. The van der Waals surface area contributed by atoms with E-state index in [2.05, 4.69) is 20.3 Å². The van der Waals surface area contributed by atoms with Crippen molar-refractivity contribution >= 4 is 21.6 Å². The number of benzene rings is 1. The van der Waals surface area contributed by atoms with Crippen LogP contribution in [0.5, 0.6) is 0 Å². The molecule has 0 fully saturated rings. The number of carbonyl (C=O) groups is 1. The molecule has 1 aromatic heterocycles. The summed E-state index contributed by atoms with van der Waals surface area (Å²) in [6.45, 7) is 3.06. The third-order valence-corrected chi connectivity index (χ3v) is 4.52. The first-order valence-corrected chi connectivity index (χ1v) is 8.97. The molecule has 0 aliphatic carbocycles. The number of hydrogen-bond acceptors (Lipinski definition) is 5. The molecule has 0 spiro atoms. The standard InChI is InChI=1S/C15H21N5O3S/c1-3-16-8-12-6-4-5-7-13(12)19-14(21)9-18-24(22,23)15-10-20(2)11-17-15/h4-7,10-11,16,18H,3,8-9H2,1-2H3,(H,19,21). The summed E-state index contributed by atoms with van der Waals surface area (Å²) in [5, 5.41) is 5.78. The van der Waals surface area contributed by atoms with Gasteiger partial charge in [0.05, 0.1) is 12.9 Å². The molecule has 1 aromatic carbocycles. The Morgan fingerprint density at radius 3 is 2.71 bits per heavy atom. The average molecular weight is 351 g/mol. The molecular formula is C15H21N5O3S. The Balaban J connectivity index is 1.96. The smallest absolute Gasteiger partial charge is 0.260 e. The van der Waals surface area contributed by atoms with E-state index in [-0.39, 0.29) is 11.6 Å². The highest BCUT2D eigenvalue weighted by Crippen LogP contribution is 2.14. The van der Waals surface area contributed by atoms with Crippen LogP contribution in [0.3, 0.4) is 0 Å². The van der Waals surface area contributed by atoms with E-state index < -0.39 is 15.9 Å². The van der Waals surface area contributed by atoms with Gasteiger partial charge in [-0.1, -0.05) is 25.1 Å². The highest BCUT2D eigenvalue weighted by Gasteiger charge is 2.18. The molecule has 1 amide bonds. The number of hydrogen-bond donors (Lipinski definition) is 3. The third kappa shape index (κ3) is 4.88. The lowest BCUT2D eigenvalue weighted by Gasteiger charge is -2.11. The highest BCUT2D eigenvalue weighted by molar-refractivity contribution is 7.89. The summed E-state index contributed by atoms with van der Waals surface area (Å²) in [6, 6.07) is 7.36. The van der Waals surface area contributed by atoms with Crippen LogP contribution in [-0.2, 0) is 28.4 Å². The van der Waals surface area contributed by atoms with Crippen molar-refractivity contribution in [3.8, 4) is 0 Å². The monoisotopic (exact) mass is 351 g/mol. The molecule has 0 bridgehead atoms. The SMILES string of the molecule is CCNCc1ccccc1NC(=O)CNS(=O)(=O)c1cn(C)cn1.